The summed E-state index contributed by atoms with van der Waals surface area (Å²) in [6.45, 7) is 2.25. The van der Waals surface area contributed by atoms with Crippen molar-refractivity contribution < 1.29 is 15.0 Å². The molecule has 23 heavy (non-hydrogen) atoms. The van der Waals surface area contributed by atoms with Crippen molar-refractivity contribution in [2.45, 2.75) is 71.1 Å². The minimum Gasteiger partial charge on any atom is -0.508 e. The summed E-state index contributed by atoms with van der Waals surface area (Å²) in [6.07, 6.45) is 24.0. The lowest BCUT2D eigenvalue weighted by Gasteiger charge is -2.00. The zero-order valence-electron chi connectivity index (χ0n) is 14.4. The van der Waals surface area contributed by atoms with Crippen molar-refractivity contribution in [1.29, 1.82) is 0 Å². The number of hydrogen-bond donors (Lipinski definition) is 2. The Morgan fingerprint density at radius 3 is 2.00 bits per heavy atom. The average Bonchev–Trinajstić information content (AvgIpc) is 2.51. The molecule has 0 saturated carbocycles. The first kappa shape index (κ1) is 21.2. The number of carboxylic acids is 1. The van der Waals surface area contributed by atoms with Crippen LogP contribution >= 0.6 is 0 Å². The lowest BCUT2D eigenvalue weighted by molar-refractivity contribution is -0.131. The van der Waals surface area contributed by atoms with E-state index in [-0.39, 0.29) is 5.76 Å². The summed E-state index contributed by atoms with van der Waals surface area (Å²) in [7, 11) is 0. The maximum absolute atomic E-state index is 10.2. The quantitative estimate of drug-likeness (QED) is 0.176. The van der Waals surface area contributed by atoms with Gasteiger partial charge in [0.05, 0.1) is 0 Å². The molecule has 0 aromatic carbocycles. The van der Waals surface area contributed by atoms with E-state index in [0.717, 1.165) is 12.5 Å². The molecule has 0 aliphatic heterocycles. The van der Waals surface area contributed by atoms with Gasteiger partial charge in [0.15, 0.2) is 0 Å². The summed E-state index contributed by atoms with van der Waals surface area (Å²) in [6, 6.07) is 0. The van der Waals surface area contributed by atoms with Crippen molar-refractivity contribution in [3.63, 3.8) is 0 Å². The van der Waals surface area contributed by atoms with Crippen LogP contribution in [0.15, 0.2) is 48.3 Å². The summed E-state index contributed by atoms with van der Waals surface area (Å²) >= 11 is 0. The van der Waals surface area contributed by atoms with Gasteiger partial charge in [-0.3, -0.25) is 0 Å². The molecule has 0 amide bonds. The number of aliphatic hydroxyl groups is 1. The van der Waals surface area contributed by atoms with E-state index in [9.17, 15) is 9.90 Å². The predicted molar refractivity (Wildman–Crippen MR) is 97.6 cm³/mol. The highest BCUT2D eigenvalue weighted by atomic mass is 16.4. The van der Waals surface area contributed by atoms with Crippen LogP contribution in [-0.2, 0) is 4.79 Å². The maximum atomic E-state index is 10.2. The van der Waals surface area contributed by atoms with Gasteiger partial charge in [0, 0.05) is 6.08 Å². The highest BCUT2D eigenvalue weighted by Gasteiger charge is 1.91. The van der Waals surface area contributed by atoms with E-state index in [1.54, 1.807) is 12.2 Å². The van der Waals surface area contributed by atoms with Crippen molar-refractivity contribution >= 4 is 5.97 Å². The van der Waals surface area contributed by atoms with E-state index >= 15 is 0 Å². The van der Waals surface area contributed by atoms with E-state index in [0.29, 0.717) is 0 Å². The largest absolute Gasteiger partial charge is 0.508 e. The van der Waals surface area contributed by atoms with Gasteiger partial charge in [0.2, 0.25) is 0 Å². The molecular formula is C20H32O3. The molecule has 0 bridgehead atoms. The Hall–Kier alpha value is -1.77. The number of carboxylic acid groups (broad SMARTS) is 1. The van der Waals surface area contributed by atoms with Gasteiger partial charge in [-0.1, -0.05) is 82.6 Å². The van der Waals surface area contributed by atoms with Crippen molar-refractivity contribution in [2.24, 2.45) is 0 Å². The second kappa shape index (κ2) is 16.6. The van der Waals surface area contributed by atoms with Gasteiger partial charge in [0.25, 0.3) is 0 Å². The summed E-state index contributed by atoms with van der Waals surface area (Å²) in [5.41, 5.74) is 0. The Morgan fingerprint density at radius 1 is 0.783 bits per heavy atom. The third-order valence-corrected chi connectivity index (χ3v) is 3.49. The molecule has 0 aliphatic rings. The lowest BCUT2D eigenvalue weighted by Crippen LogP contribution is -1.84. The van der Waals surface area contributed by atoms with Crippen LogP contribution in [0.5, 0.6) is 0 Å². The molecule has 0 atom stereocenters. The number of rotatable bonds is 14. The molecule has 0 heterocycles. The third-order valence-electron chi connectivity index (χ3n) is 3.49. The number of unbranched alkanes of at least 4 members (excludes halogenated alkanes) is 9. The molecule has 0 saturated heterocycles. The first-order chi connectivity index (χ1) is 11.2. The van der Waals surface area contributed by atoms with Crippen LogP contribution in [0.25, 0.3) is 0 Å². The predicted octanol–water partition coefficient (Wildman–Crippen LogP) is 6.10. The molecule has 0 aliphatic carbocycles. The van der Waals surface area contributed by atoms with E-state index in [1.807, 2.05) is 6.08 Å². The molecule has 0 radical (unpaired) electrons. The summed E-state index contributed by atoms with van der Waals surface area (Å²) in [4.78, 5) is 10.2. The van der Waals surface area contributed by atoms with Crippen molar-refractivity contribution in [3.05, 3.63) is 48.3 Å². The van der Waals surface area contributed by atoms with Gasteiger partial charge >= 0.3 is 5.97 Å². The van der Waals surface area contributed by atoms with Gasteiger partial charge < -0.3 is 10.2 Å². The highest BCUT2D eigenvalue weighted by molar-refractivity contribution is 5.80. The maximum Gasteiger partial charge on any atom is 0.328 e. The Bertz CT molecular complexity index is 403. The lowest BCUT2D eigenvalue weighted by atomic mass is 10.1. The number of hydrogen-bond acceptors (Lipinski definition) is 2. The Labute approximate surface area is 141 Å². The number of allylic oxidation sites excluding steroid dienone is 6. The van der Waals surface area contributed by atoms with Gasteiger partial charge in [0.1, 0.15) is 5.76 Å². The summed E-state index contributed by atoms with van der Waals surface area (Å²) in [5, 5.41) is 17.8. The highest BCUT2D eigenvalue weighted by Crippen LogP contribution is 2.10. The third kappa shape index (κ3) is 18.2. The fraction of sp³-hybridized carbons (Fsp3) is 0.550. The monoisotopic (exact) mass is 320 g/mol. The van der Waals surface area contributed by atoms with Crippen molar-refractivity contribution in [2.75, 3.05) is 0 Å². The topological polar surface area (TPSA) is 57.5 Å². The first-order valence-corrected chi connectivity index (χ1v) is 8.80. The van der Waals surface area contributed by atoms with E-state index < -0.39 is 5.97 Å². The normalized spacial score (nSPS) is 12.8. The molecule has 0 unspecified atom stereocenters. The van der Waals surface area contributed by atoms with Crippen LogP contribution in [0.2, 0.25) is 0 Å². The van der Waals surface area contributed by atoms with Crippen LogP contribution in [-0.4, -0.2) is 16.2 Å². The van der Waals surface area contributed by atoms with Gasteiger partial charge in [-0.15, -0.1) is 0 Å². The Balaban J connectivity index is 3.53. The second-order valence-electron chi connectivity index (χ2n) is 5.69. The van der Waals surface area contributed by atoms with E-state index in [4.69, 9.17) is 5.11 Å². The molecule has 2 N–H and O–H groups in total. The van der Waals surface area contributed by atoms with Crippen LogP contribution in [0.4, 0.5) is 0 Å². The average molecular weight is 320 g/mol. The Kier molecular flexibility index (Phi) is 15.3. The molecular weight excluding hydrogens is 288 g/mol. The summed E-state index contributed by atoms with van der Waals surface area (Å²) in [5.74, 6) is -0.992. The molecule has 3 heteroatoms. The molecule has 3 nitrogen and oxygen atoms in total. The minimum atomic E-state index is -1.03. The van der Waals surface area contributed by atoms with Gasteiger partial charge in [-0.2, -0.15) is 0 Å². The Morgan fingerprint density at radius 2 is 1.39 bits per heavy atom. The minimum absolute atomic E-state index is 0.0372. The van der Waals surface area contributed by atoms with Crippen LogP contribution in [0.3, 0.4) is 0 Å². The molecule has 130 valence electrons. The smallest absolute Gasteiger partial charge is 0.328 e. The van der Waals surface area contributed by atoms with E-state index in [2.05, 4.69) is 13.0 Å². The standard InChI is InChI=1S/C20H32O3/c1-2-3-4-5-6-7-8-9-10-11-12-13-14-16-19(21)17-15-18-20(22)23/h12-18,21H,2-11H2,1H3,(H,22,23)/b13-12+,16-14+,18-15+,19-17-. The van der Waals surface area contributed by atoms with Gasteiger partial charge in [-0.05, 0) is 25.0 Å². The zero-order valence-corrected chi connectivity index (χ0v) is 14.4. The molecule has 0 aromatic heterocycles. The van der Waals surface area contributed by atoms with Crippen molar-refractivity contribution in [1.82, 2.24) is 0 Å². The fourth-order valence-electron chi connectivity index (χ4n) is 2.19. The van der Waals surface area contributed by atoms with Crippen molar-refractivity contribution in [3.8, 4) is 0 Å². The first-order valence-electron chi connectivity index (χ1n) is 8.80. The SMILES string of the molecule is CCCCCCCCCCC/C=C/C=C/C(O)=C/C=C/C(=O)O. The number of aliphatic hydroxyl groups excluding tert-OH is 1. The van der Waals surface area contributed by atoms with Crippen LogP contribution < -0.4 is 0 Å². The molecule has 0 spiro atoms. The number of carbonyl (C=O) groups is 1. The fourth-order valence-corrected chi connectivity index (χ4v) is 2.19. The molecule has 0 aromatic rings. The van der Waals surface area contributed by atoms with E-state index in [1.165, 1.54) is 69.9 Å². The van der Waals surface area contributed by atoms with Crippen LogP contribution in [0.1, 0.15) is 71.1 Å². The van der Waals surface area contributed by atoms with Gasteiger partial charge in [-0.25, -0.2) is 4.79 Å². The van der Waals surface area contributed by atoms with Crippen LogP contribution in [0, 0.1) is 0 Å². The molecule has 0 rings (SSSR count). The summed E-state index contributed by atoms with van der Waals surface area (Å²) < 4.78 is 0. The molecule has 0 fully saturated rings. The second-order valence-corrected chi connectivity index (χ2v) is 5.69. The zero-order chi connectivity index (χ0) is 17.2. The number of aliphatic carboxylic acids is 1.